The number of hydrogen-bond acceptors (Lipinski definition) is 7. The highest BCUT2D eigenvalue weighted by molar-refractivity contribution is 6.01. The second-order valence-electron chi connectivity index (χ2n) is 13.8. The van der Waals surface area contributed by atoms with Crippen molar-refractivity contribution in [3.63, 3.8) is 0 Å². The fourth-order valence-electron chi connectivity index (χ4n) is 7.98. The van der Waals surface area contributed by atoms with Gasteiger partial charge in [-0.3, -0.25) is 24.6 Å². The van der Waals surface area contributed by atoms with Gasteiger partial charge in [-0.25, -0.2) is 4.39 Å². The van der Waals surface area contributed by atoms with E-state index in [1.165, 1.54) is 5.69 Å². The van der Waals surface area contributed by atoms with Gasteiger partial charge in [-0.05, 0) is 110 Å². The van der Waals surface area contributed by atoms with Crippen LogP contribution >= 0.6 is 0 Å². The molecule has 1 unspecified atom stereocenters. The van der Waals surface area contributed by atoms with Crippen LogP contribution in [0.5, 0.6) is 5.75 Å². The molecule has 2 N–H and O–H groups in total. The molecular formula is C39H44FN5O4. The van der Waals surface area contributed by atoms with Crippen LogP contribution in [-0.4, -0.2) is 60.6 Å². The number of benzene rings is 3. The monoisotopic (exact) mass is 665 g/mol. The summed E-state index contributed by atoms with van der Waals surface area (Å²) in [5, 5.41) is 7.05. The quantitative estimate of drug-likeness (QED) is 0.233. The summed E-state index contributed by atoms with van der Waals surface area (Å²) in [5.74, 6) is 1.13. The average Bonchev–Trinajstić information content (AvgIpc) is 3.12. The predicted octanol–water partition coefficient (Wildman–Crippen LogP) is 5.70. The standard InChI is InChI=1S/C39H44FN5O4/c1-43-23-32(30-5-3-4-6-31(30)39(43)48)27-21-34(40)33(36(22-27)49-2)24-44-17-13-25(14-18-44)26-15-19-45(20-16-26)29-9-7-28(8-10-29)41-35-11-12-37(46)42-38(35)47/h3-10,21-23,25-26,35,41H,11-20,24H2,1-2H3,(H,42,46,47). The minimum Gasteiger partial charge on any atom is -0.496 e. The SMILES string of the molecule is COc1cc(-c2cn(C)c(=O)c3ccccc23)cc(F)c1CN1CCC(C2CCN(c3ccc(NC4CCC(=O)NC4=O)cc3)CC2)CC1. The number of amides is 2. The van der Waals surface area contributed by atoms with Crippen molar-refractivity contribution in [1.29, 1.82) is 0 Å². The van der Waals surface area contributed by atoms with Crippen molar-refractivity contribution in [2.45, 2.75) is 51.1 Å². The number of fused-ring (bicyclic) bond motifs is 1. The second-order valence-corrected chi connectivity index (χ2v) is 13.8. The largest absolute Gasteiger partial charge is 0.496 e. The van der Waals surface area contributed by atoms with E-state index in [4.69, 9.17) is 4.74 Å². The third-order valence-electron chi connectivity index (χ3n) is 10.8. The minimum absolute atomic E-state index is 0.0785. The van der Waals surface area contributed by atoms with E-state index in [0.717, 1.165) is 68.5 Å². The van der Waals surface area contributed by atoms with E-state index in [1.54, 1.807) is 37.1 Å². The number of nitrogens with one attached hydrogen (secondary N) is 2. The molecular weight excluding hydrogens is 621 g/mol. The summed E-state index contributed by atoms with van der Waals surface area (Å²) in [4.78, 5) is 41.0. The van der Waals surface area contributed by atoms with Crippen molar-refractivity contribution in [2.24, 2.45) is 18.9 Å². The number of methoxy groups -OCH3 is 1. The molecule has 0 spiro atoms. The molecule has 3 fully saturated rings. The van der Waals surface area contributed by atoms with E-state index in [1.807, 2.05) is 36.4 Å². The van der Waals surface area contributed by atoms with Gasteiger partial charge in [-0.15, -0.1) is 0 Å². The van der Waals surface area contributed by atoms with Crippen molar-refractivity contribution in [3.8, 4) is 16.9 Å². The Morgan fingerprint density at radius 2 is 1.55 bits per heavy atom. The smallest absolute Gasteiger partial charge is 0.258 e. The molecule has 0 radical (unpaired) electrons. The van der Waals surface area contributed by atoms with Gasteiger partial charge in [-0.2, -0.15) is 0 Å². The van der Waals surface area contributed by atoms with Gasteiger partial charge >= 0.3 is 0 Å². The summed E-state index contributed by atoms with van der Waals surface area (Å²) in [6.07, 6.45) is 7.17. The number of nitrogens with zero attached hydrogens (tertiary/aromatic N) is 3. The summed E-state index contributed by atoms with van der Waals surface area (Å²) in [6.45, 7) is 4.41. The molecule has 4 heterocycles. The van der Waals surface area contributed by atoms with Gasteiger partial charge in [0.25, 0.3) is 5.56 Å². The molecule has 3 aliphatic heterocycles. The lowest BCUT2D eigenvalue weighted by Gasteiger charge is -2.41. The number of aromatic nitrogens is 1. The topological polar surface area (TPSA) is 95.9 Å². The van der Waals surface area contributed by atoms with Crippen LogP contribution < -0.4 is 25.8 Å². The van der Waals surface area contributed by atoms with Gasteiger partial charge in [0.1, 0.15) is 17.6 Å². The Morgan fingerprint density at radius 1 is 0.878 bits per heavy atom. The zero-order valence-corrected chi connectivity index (χ0v) is 28.2. The predicted molar refractivity (Wildman–Crippen MR) is 190 cm³/mol. The van der Waals surface area contributed by atoms with Crippen molar-refractivity contribution >= 4 is 34.0 Å². The van der Waals surface area contributed by atoms with Crippen LogP contribution in [0.15, 0.2) is 71.7 Å². The number of anilines is 2. The zero-order valence-electron chi connectivity index (χ0n) is 28.2. The maximum Gasteiger partial charge on any atom is 0.258 e. The lowest BCUT2D eigenvalue weighted by Crippen LogP contribution is -2.47. The van der Waals surface area contributed by atoms with Gasteiger partial charge in [-0.1, -0.05) is 18.2 Å². The second kappa shape index (κ2) is 14.0. The maximum atomic E-state index is 15.8. The van der Waals surface area contributed by atoms with E-state index in [-0.39, 0.29) is 29.2 Å². The van der Waals surface area contributed by atoms with Gasteiger partial charge < -0.3 is 19.5 Å². The number of pyridine rings is 1. The molecule has 0 bridgehead atoms. The molecule has 4 aromatic rings. The Kier molecular flexibility index (Phi) is 9.40. The van der Waals surface area contributed by atoms with E-state index in [2.05, 4.69) is 32.6 Å². The molecule has 256 valence electrons. The molecule has 10 heteroatoms. The fourth-order valence-corrected chi connectivity index (χ4v) is 7.98. The summed E-state index contributed by atoms with van der Waals surface area (Å²) in [7, 11) is 3.31. The molecule has 1 atom stereocenters. The Bertz CT molecular complexity index is 1910. The maximum absolute atomic E-state index is 15.8. The number of piperidine rings is 3. The molecule has 9 nitrogen and oxygen atoms in total. The van der Waals surface area contributed by atoms with Crippen LogP contribution in [0.3, 0.4) is 0 Å². The first-order valence-corrected chi connectivity index (χ1v) is 17.4. The first-order valence-electron chi connectivity index (χ1n) is 17.4. The summed E-state index contributed by atoms with van der Waals surface area (Å²) in [6, 6.07) is 18.8. The third kappa shape index (κ3) is 6.92. The number of halogens is 1. The van der Waals surface area contributed by atoms with Gasteiger partial charge in [0.15, 0.2) is 0 Å². The molecule has 0 aliphatic carbocycles. The van der Waals surface area contributed by atoms with Crippen molar-refractivity contribution in [1.82, 2.24) is 14.8 Å². The molecule has 3 aliphatic rings. The number of hydrogen-bond donors (Lipinski definition) is 2. The zero-order chi connectivity index (χ0) is 34.1. The Balaban J connectivity index is 0.930. The molecule has 0 saturated carbocycles. The highest BCUT2D eigenvalue weighted by atomic mass is 19.1. The first kappa shape index (κ1) is 32.8. The van der Waals surface area contributed by atoms with Crippen LogP contribution in [0.4, 0.5) is 15.8 Å². The van der Waals surface area contributed by atoms with Crippen molar-refractivity contribution in [3.05, 3.63) is 88.6 Å². The van der Waals surface area contributed by atoms with Crippen LogP contribution in [0.1, 0.15) is 44.1 Å². The van der Waals surface area contributed by atoms with Crippen LogP contribution in [0.25, 0.3) is 21.9 Å². The highest BCUT2D eigenvalue weighted by Crippen LogP contribution is 2.37. The normalized spacial score (nSPS) is 19.7. The van der Waals surface area contributed by atoms with Gasteiger partial charge in [0, 0.05) is 67.2 Å². The summed E-state index contributed by atoms with van der Waals surface area (Å²) in [5.41, 5.74) is 4.05. The number of aryl methyl sites for hydroxylation is 1. The number of carbonyl (C=O) groups is 2. The molecule has 49 heavy (non-hydrogen) atoms. The Morgan fingerprint density at radius 3 is 2.22 bits per heavy atom. The van der Waals surface area contributed by atoms with Gasteiger partial charge in [0.2, 0.25) is 11.8 Å². The molecule has 3 aromatic carbocycles. The van der Waals surface area contributed by atoms with E-state index < -0.39 is 0 Å². The number of likely N-dealkylation sites (tertiary alicyclic amines) is 1. The number of imide groups is 1. The van der Waals surface area contributed by atoms with Crippen LogP contribution in [-0.2, 0) is 23.2 Å². The molecule has 7 rings (SSSR count). The highest BCUT2D eigenvalue weighted by Gasteiger charge is 2.31. The third-order valence-corrected chi connectivity index (χ3v) is 10.8. The fraction of sp³-hybridized carbons (Fsp3) is 0.410. The number of rotatable bonds is 8. The summed E-state index contributed by atoms with van der Waals surface area (Å²) >= 11 is 0. The van der Waals surface area contributed by atoms with Crippen molar-refractivity contribution in [2.75, 3.05) is 43.5 Å². The Labute approximate surface area is 286 Å². The number of ether oxygens (including phenoxy) is 1. The van der Waals surface area contributed by atoms with Gasteiger partial charge in [0.05, 0.1) is 7.11 Å². The van der Waals surface area contributed by atoms with E-state index >= 15 is 4.39 Å². The van der Waals surface area contributed by atoms with Crippen LogP contribution in [0.2, 0.25) is 0 Å². The summed E-state index contributed by atoms with van der Waals surface area (Å²) < 4.78 is 23.1. The van der Waals surface area contributed by atoms with Crippen LogP contribution in [0, 0.1) is 17.7 Å². The lowest BCUT2D eigenvalue weighted by molar-refractivity contribution is -0.133. The molecule has 3 saturated heterocycles. The minimum atomic E-state index is -0.383. The Hall–Kier alpha value is -4.70. The molecule has 1 aromatic heterocycles. The van der Waals surface area contributed by atoms with Crippen molar-refractivity contribution < 1.29 is 18.7 Å². The number of carbonyl (C=O) groups excluding carboxylic acids is 2. The average molecular weight is 666 g/mol. The van der Waals surface area contributed by atoms with E-state index in [9.17, 15) is 14.4 Å². The molecule has 2 amide bonds. The van der Waals surface area contributed by atoms with E-state index in [0.29, 0.717) is 53.5 Å². The lowest BCUT2D eigenvalue weighted by atomic mass is 9.78. The first-order chi connectivity index (χ1) is 23.8.